The Kier molecular flexibility index (Phi) is 3.66. The van der Waals surface area contributed by atoms with E-state index in [1.165, 1.54) is 5.69 Å². The van der Waals surface area contributed by atoms with Gasteiger partial charge in [-0.2, -0.15) is 20.2 Å². The zero-order valence-electron chi connectivity index (χ0n) is 13.1. The summed E-state index contributed by atoms with van der Waals surface area (Å²) in [4.78, 5) is 10.8. The number of anilines is 2. The van der Waals surface area contributed by atoms with Crippen LogP contribution in [0.2, 0.25) is 0 Å². The number of aromatic nitrogens is 6. The van der Waals surface area contributed by atoms with Crippen LogP contribution in [0.15, 0.2) is 18.5 Å². The van der Waals surface area contributed by atoms with E-state index in [0.717, 1.165) is 36.5 Å². The summed E-state index contributed by atoms with van der Waals surface area (Å²) < 4.78 is 3.73. The maximum Gasteiger partial charge on any atom is 0.224 e. The highest BCUT2D eigenvalue weighted by Gasteiger charge is 2.21. The molecule has 0 atom stereocenters. The molecule has 8 heteroatoms. The molecule has 22 heavy (non-hydrogen) atoms. The number of nitrogens with zero attached hydrogens (tertiary/aromatic N) is 7. The lowest BCUT2D eigenvalue weighted by atomic mass is 10.2. The fraction of sp³-hybridized carbons (Fsp3) is 0.429. The molecule has 8 nitrogen and oxygen atoms in total. The van der Waals surface area contributed by atoms with Crippen molar-refractivity contribution in [3.8, 4) is 0 Å². The van der Waals surface area contributed by atoms with E-state index < -0.39 is 0 Å². The normalized spacial score (nSPS) is 13.7. The summed E-state index contributed by atoms with van der Waals surface area (Å²) in [5, 5.41) is 9.45. The van der Waals surface area contributed by atoms with E-state index in [4.69, 9.17) is 5.73 Å². The first-order valence-corrected chi connectivity index (χ1v) is 7.43. The summed E-state index contributed by atoms with van der Waals surface area (Å²) in [6.45, 7) is 6.45. The number of nitrogens with two attached hydrogens (primary N) is 1. The maximum atomic E-state index is 5.83. The van der Waals surface area contributed by atoms with Crippen LogP contribution in [0, 0.1) is 0 Å². The molecule has 0 saturated heterocycles. The van der Waals surface area contributed by atoms with Gasteiger partial charge in [0.05, 0.1) is 30.4 Å². The minimum atomic E-state index is 0.273. The first kappa shape index (κ1) is 14.3. The van der Waals surface area contributed by atoms with Crippen molar-refractivity contribution in [1.29, 1.82) is 0 Å². The van der Waals surface area contributed by atoms with Crippen LogP contribution >= 0.6 is 0 Å². The lowest BCUT2D eigenvalue weighted by Crippen LogP contribution is -2.34. The highest BCUT2D eigenvalue weighted by atomic mass is 15.4. The van der Waals surface area contributed by atoms with Crippen molar-refractivity contribution in [3.05, 3.63) is 24.2 Å². The zero-order chi connectivity index (χ0) is 15.7. The van der Waals surface area contributed by atoms with Gasteiger partial charge in [-0.05, 0) is 6.07 Å². The first-order valence-electron chi connectivity index (χ1n) is 7.43. The predicted octanol–water partition coefficient (Wildman–Crippen LogP) is 1.19. The molecule has 3 aromatic rings. The SMILES string of the molecule is CC.Cn1ncc2c(N3CCn4nccc4C3)nc(N)nc21. The molecule has 3 aromatic heterocycles. The fourth-order valence-electron chi connectivity index (χ4n) is 2.63. The Balaban J connectivity index is 0.000000693. The van der Waals surface area contributed by atoms with Crippen LogP contribution in [0.25, 0.3) is 11.0 Å². The molecule has 0 unspecified atom stereocenters. The second-order valence-electron chi connectivity index (χ2n) is 4.88. The van der Waals surface area contributed by atoms with E-state index in [2.05, 4.69) is 25.1 Å². The predicted molar refractivity (Wildman–Crippen MR) is 85.3 cm³/mol. The van der Waals surface area contributed by atoms with Gasteiger partial charge in [0, 0.05) is 19.8 Å². The molecule has 0 aliphatic carbocycles. The number of aryl methyl sites for hydroxylation is 1. The summed E-state index contributed by atoms with van der Waals surface area (Å²) >= 11 is 0. The molecule has 0 fully saturated rings. The van der Waals surface area contributed by atoms with Crippen LogP contribution < -0.4 is 10.6 Å². The third kappa shape index (κ3) is 2.26. The Morgan fingerprint density at radius 1 is 1.14 bits per heavy atom. The second-order valence-corrected chi connectivity index (χ2v) is 4.88. The van der Waals surface area contributed by atoms with Gasteiger partial charge in [0.25, 0.3) is 0 Å². The van der Waals surface area contributed by atoms with Gasteiger partial charge < -0.3 is 10.6 Å². The third-order valence-electron chi connectivity index (χ3n) is 3.63. The molecule has 0 bridgehead atoms. The molecule has 1 aliphatic heterocycles. The van der Waals surface area contributed by atoms with E-state index in [9.17, 15) is 0 Å². The molecule has 4 heterocycles. The minimum absolute atomic E-state index is 0.273. The van der Waals surface area contributed by atoms with Crippen molar-refractivity contribution in [2.45, 2.75) is 26.9 Å². The van der Waals surface area contributed by atoms with Crippen LogP contribution in [-0.2, 0) is 20.1 Å². The molecule has 0 saturated carbocycles. The van der Waals surface area contributed by atoms with Crippen molar-refractivity contribution in [2.24, 2.45) is 7.05 Å². The lowest BCUT2D eigenvalue weighted by Gasteiger charge is -2.29. The molecule has 0 aromatic carbocycles. The third-order valence-corrected chi connectivity index (χ3v) is 3.63. The summed E-state index contributed by atoms with van der Waals surface area (Å²) in [5.74, 6) is 1.11. The minimum Gasteiger partial charge on any atom is -0.368 e. The Bertz CT molecular complexity index is 787. The Labute approximate surface area is 128 Å². The Hall–Kier alpha value is -2.64. The number of nitrogen functional groups attached to an aromatic ring is 1. The highest BCUT2D eigenvalue weighted by Crippen LogP contribution is 2.26. The number of rotatable bonds is 1. The second kappa shape index (κ2) is 5.63. The van der Waals surface area contributed by atoms with Crippen LogP contribution in [0.4, 0.5) is 11.8 Å². The first-order chi connectivity index (χ1) is 10.7. The number of hydrogen-bond acceptors (Lipinski definition) is 6. The van der Waals surface area contributed by atoms with Crippen LogP contribution in [0.5, 0.6) is 0 Å². The number of hydrogen-bond donors (Lipinski definition) is 1. The molecule has 116 valence electrons. The van der Waals surface area contributed by atoms with Gasteiger partial charge in [-0.25, -0.2) is 0 Å². The Morgan fingerprint density at radius 2 is 1.95 bits per heavy atom. The lowest BCUT2D eigenvalue weighted by molar-refractivity contribution is 0.518. The average molecular weight is 300 g/mol. The molecule has 0 radical (unpaired) electrons. The molecular formula is C14H20N8. The van der Waals surface area contributed by atoms with E-state index >= 15 is 0 Å². The molecule has 4 rings (SSSR count). The van der Waals surface area contributed by atoms with E-state index in [1.54, 1.807) is 10.9 Å². The molecule has 0 amide bonds. The van der Waals surface area contributed by atoms with E-state index in [1.807, 2.05) is 37.8 Å². The van der Waals surface area contributed by atoms with Crippen molar-refractivity contribution in [3.63, 3.8) is 0 Å². The van der Waals surface area contributed by atoms with Crippen LogP contribution in [0.1, 0.15) is 19.5 Å². The zero-order valence-corrected chi connectivity index (χ0v) is 13.1. The summed E-state index contributed by atoms with van der Waals surface area (Å²) in [6.07, 6.45) is 3.61. The summed E-state index contributed by atoms with van der Waals surface area (Å²) in [7, 11) is 1.85. The van der Waals surface area contributed by atoms with Gasteiger partial charge in [0.15, 0.2) is 5.65 Å². The number of fused-ring (bicyclic) bond motifs is 2. The van der Waals surface area contributed by atoms with Gasteiger partial charge in [-0.15, -0.1) is 0 Å². The maximum absolute atomic E-state index is 5.83. The van der Waals surface area contributed by atoms with Crippen molar-refractivity contribution in [2.75, 3.05) is 17.2 Å². The van der Waals surface area contributed by atoms with Gasteiger partial charge in [0.1, 0.15) is 5.82 Å². The average Bonchev–Trinajstić information content (AvgIpc) is 3.15. The van der Waals surface area contributed by atoms with Crippen molar-refractivity contribution < 1.29 is 0 Å². The van der Waals surface area contributed by atoms with Gasteiger partial charge in [-0.1, -0.05) is 13.8 Å². The molecular weight excluding hydrogens is 280 g/mol. The molecule has 0 spiro atoms. The van der Waals surface area contributed by atoms with Gasteiger partial charge in [0.2, 0.25) is 5.95 Å². The summed E-state index contributed by atoms with van der Waals surface area (Å²) in [6, 6.07) is 2.02. The van der Waals surface area contributed by atoms with Gasteiger partial charge in [-0.3, -0.25) is 9.36 Å². The highest BCUT2D eigenvalue weighted by molar-refractivity contribution is 5.87. The topological polar surface area (TPSA) is 90.7 Å². The van der Waals surface area contributed by atoms with Crippen molar-refractivity contribution in [1.82, 2.24) is 29.5 Å². The Morgan fingerprint density at radius 3 is 2.77 bits per heavy atom. The monoisotopic (exact) mass is 300 g/mol. The van der Waals surface area contributed by atoms with Gasteiger partial charge >= 0.3 is 0 Å². The standard InChI is InChI=1S/C12H14N8.C2H6/c1-18-10-9(6-15-18)11(17-12(13)16-10)19-4-5-20-8(7-19)2-3-14-20;1-2/h2-3,6H,4-5,7H2,1H3,(H2,13,16,17);1-2H3. The van der Waals surface area contributed by atoms with E-state index in [-0.39, 0.29) is 5.95 Å². The van der Waals surface area contributed by atoms with E-state index in [0.29, 0.717) is 0 Å². The summed E-state index contributed by atoms with van der Waals surface area (Å²) in [5.41, 5.74) is 7.75. The largest absolute Gasteiger partial charge is 0.368 e. The fourth-order valence-corrected chi connectivity index (χ4v) is 2.63. The molecule has 2 N–H and O–H groups in total. The van der Waals surface area contributed by atoms with Crippen LogP contribution in [0.3, 0.4) is 0 Å². The smallest absolute Gasteiger partial charge is 0.224 e. The van der Waals surface area contributed by atoms with Crippen molar-refractivity contribution >= 4 is 22.8 Å². The molecule has 1 aliphatic rings. The quantitative estimate of drug-likeness (QED) is 0.726. The van der Waals surface area contributed by atoms with Crippen LogP contribution in [-0.4, -0.2) is 36.1 Å².